The fourth-order valence-corrected chi connectivity index (χ4v) is 1.61. The summed E-state index contributed by atoms with van der Waals surface area (Å²) in [5, 5.41) is 8.83. The van der Waals surface area contributed by atoms with Crippen LogP contribution in [0.5, 0.6) is 0 Å². The van der Waals surface area contributed by atoms with Crippen LogP contribution in [-0.2, 0) is 4.79 Å². The molecule has 0 spiro atoms. The molecule has 0 aromatic heterocycles. The summed E-state index contributed by atoms with van der Waals surface area (Å²) in [6, 6.07) is -0.850. The van der Waals surface area contributed by atoms with Crippen LogP contribution in [0.1, 0.15) is 6.42 Å². The van der Waals surface area contributed by atoms with Crippen LogP contribution in [-0.4, -0.2) is 59.6 Å². The van der Waals surface area contributed by atoms with E-state index in [4.69, 9.17) is 10.8 Å². The van der Waals surface area contributed by atoms with Crippen LogP contribution in [0, 0.1) is 0 Å². The third-order valence-corrected chi connectivity index (χ3v) is 2.30. The van der Waals surface area contributed by atoms with Gasteiger partial charge in [0.05, 0.1) is 0 Å². The standard InChI is InChI=1S/C8H15N3O3/c1-10(2)7(12)6-3-5(9)4-11(6)8(13)14/h5-6H,3-4,9H2,1-2H3,(H,13,14)/t5-,6-/m0/s1. The van der Waals surface area contributed by atoms with Gasteiger partial charge in [-0.25, -0.2) is 4.79 Å². The highest BCUT2D eigenvalue weighted by Crippen LogP contribution is 2.17. The molecule has 0 radical (unpaired) electrons. The monoisotopic (exact) mass is 201 g/mol. The minimum absolute atomic E-state index is 0.208. The Balaban J connectivity index is 2.76. The van der Waals surface area contributed by atoms with Crippen LogP contribution in [0.4, 0.5) is 4.79 Å². The average Bonchev–Trinajstić information content (AvgIpc) is 2.45. The number of nitrogens with two attached hydrogens (primary N) is 1. The number of amides is 2. The van der Waals surface area contributed by atoms with Gasteiger partial charge in [-0.1, -0.05) is 0 Å². The number of hydrogen-bond donors (Lipinski definition) is 2. The van der Waals surface area contributed by atoms with Crippen molar-refractivity contribution >= 4 is 12.0 Å². The first-order valence-electron chi connectivity index (χ1n) is 4.39. The van der Waals surface area contributed by atoms with E-state index in [2.05, 4.69) is 0 Å². The van der Waals surface area contributed by atoms with Crippen molar-refractivity contribution in [2.24, 2.45) is 5.73 Å². The van der Waals surface area contributed by atoms with Gasteiger partial charge >= 0.3 is 6.09 Å². The van der Waals surface area contributed by atoms with Crippen LogP contribution in [0.25, 0.3) is 0 Å². The van der Waals surface area contributed by atoms with E-state index < -0.39 is 12.1 Å². The van der Waals surface area contributed by atoms with Crippen LogP contribution in [0.15, 0.2) is 0 Å². The van der Waals surface area contributed by atoms with Crippen LogP contribution < -0.4 is 5.73 Å². The van der Waals surface area contributed by atoms with Crippen molar-refractivity contribution in [1.29, 1.82) is 0 Å². The minimum atomic E-state index is -1.09. The third-order valence-electron chi connectivity index (χ3n) is 2.30. The lowest BCUT2D eigenvalue weighted by molar-refractivity contribution is -0.132. The molecular weight excluding hydrogens is 186 g/mol. The molecule has 0 aliphatic carbocycles. The zero-order chi connectivity index (χ0) is 10.9. The predicted molar refractivity (Wildman–Crippen MR) is 49.8 cm³/mol. The Labute approximate surface area is 82.3 Å². The smallest absolute Gasteiger partial charge is 0.408 e. The highest BCUT2D eigenvalue weighted by Gasteiger charge is 2.38. The first-order valence-corrected chi connectivity index (χ1v) is 4.39. The molecular formula is C8H15N3O3. The van der Waals surface area contributed by atoms with E-state index in [0.717, 1.165) is 4.90 Å². The van der Waals surface area contributed by atoms with Gasteiger partial charge in [0.1, 0.15) is 6.04 Å². The molecule has 0 saturated carbocycles. The van der Waals surface area contributed by atoms with Gasteiger partial charge < -0.3 is 15.7 Å². The van der Waals surface area contributed by atoms with Crippen molar-refractivity contribution in [2.45, 2.75) is 18.5 Å². The highest BCUT2D eigenvalue weighted by molar-refractivity contribution is 5.85. The lowest BCUT2D eigenvalue weighted by Gasteiger charge is -2.23. The molecule has 0 bridgehead atoms. The summed E-state index contributed by atoms with van der Waals surface area (Å²) < 4.78 is 0. The summed E-state index contributed by atoms with van der Waals surface area (Å²) in [4.78, 5) is 24.8. The average molecular weight is 201 g/mol. The molecule has 0 unspecified atom stereocenters. The Kier molecular flexibility index (Phi) is 2.95. The Morgan fingerprint density at radius 3 is 2.50 bits per heavy atom. The third kappa shape index (κ3) is 1.95. The maximum Gasteiger partial charge on any atom is 0.408 e. The van der Waals surface area contributed by atoms with Gasteiger partial charge in [0, 0.05) is 26.7 Å². The van der Waals surface area contributed by atoms with Gasteiger partial charge in [0.25, 0.3) is 0 Å². The van der Waals surface area contributed by atoms with Gasteiger partial charge in [0.15, 0.2) is 0 Å². The second-order valence-electron chi connectivity index (χ2n) is 3.68. The predicted octanol–water partition coefficient (Wildman–Crippen LogP) is -0.846. The summed E-state index contributed by atoms with van der Waals surface area (Å²) in [5.41, 5.74) is 5.62. The highest BCUT2D eigenvalue weighted by atomic mass is 16.4. The SMILES string of the molecule is CN(C)C(=O)[C@@H]1C[C@H](N)CN1C(=O)O. The summed E-state index contributed by atoms with van der Waals surface area (Å²) in [7, 11) is 3.21. The van der Waals surface area contributed by atoms with E-state index in [-0.39, 0.29) is 18.5 Å². The number of carboxylic acid groups (broad SMARTS) is 1. The van der Waals surface area contributed by atoms with Crippen molar-refractivity contribution < 1.29 is 14.7 Å². The van der Waals surface area contributed by atoms with Gasteiger partial charge in [-0.2, -0.15) is 0 Å². The van der Waals surface area contributed by atoms with Gasteiger partial charge in [-0.3, -0.25) is 9.69 Å². The topological polar surface area (TPSA) is 86.9 Å². The molecule has 1 heterocycles. The first-order chi connectivity index (χ1) is 6.43. The van der Waals surface area contributed by atoms with Crippen molar-refractivity contribution in [2.75, 3.05) is 20.6 Å². The van der Waals surface area contributed by atoms with Crippen molar-refractivity contribution in [3.05, 3.63) is 0 Å². The maximum atomic E-state index is 11.6. The van der Waals surface area contributed by atoms with E-state index in [0.29, 0.717) is 6.42 Å². The van der Waals surface area contributed by atoms with E-state index in [1.54, 1.807) is 14.1 Å². The van der Waals surface area contributed by atoms with Crippen LogP contribution in [0.3, 0.4) is 0 Å². The first kappa shape index (κ1) is 10.8. The summed E-state index contributed by atoms with van der Waals surface area (Å²) >= 11 is 0. The van der Waals surface area contributed by atoms with E-state index in [1.165, 1.54) is 4.90 Å². The molecule has 80 valence electrons. The molecule has 2 atom stereocenters. The zero-order valence-corrected chi connectivity index (χ0v) is 8.30. The number of likely N-dealkylation sites (N-methyl/N-ethyl adjacent to an activating group) is 1. The number of carbonyl (C=O) groups is 2. The van der Waals surface area contributed by atoms with Crippen molar-refractivity contribution in [1.82, 2.24) is 9.80 Å². The van der Waals surface area contributed by atoms with Gasteiger partial charge in [0.2, 0.25) is 5.91 Å². The molecule has 2 amide bonds. The summed E-state index contributed by atoms with van der Waals surface area (Å²) in [6.45, 7) is 0.236. The fraction of sp³-hybridized carbons (Fsp3) is 0.750. The van der Waals surface area contributed by atoms with Crippen molar-refractivity contribution in [3.8, 4) is 0 Å². The number of carbonyl (C=O) groups excluding carboxylic acids is 1. The van der Waals surface area contributed by atoms with Crippen LogP contribution in [0.2, 0.25) is 0 Å². The largest absolute Gasteiger partial charge is 0.465 e. The molecule has 1 rings (SSSR count). The fourth-order valence-electron chi connectivity index (χ4n) is 1.61. The Morgan fingerprint density at radius 2 is 2.07 bits per heavy atom. The number of likely N-dealkylation sites (tertiary alicyclic amines) is 1. The molecule has 3 N–H and O–H groups in total. The number of hydrogen-bond acceptors (Lipinski definition) is 3. The zero-order valence-electron chi connectivity index (χ0n) is 8.30. The van der Waals surface area contributed by atoms with Crippen molar-refractivity contribution in [3.63, 3.8) is 0 Å². The molecule has 1 aliphatic rings. The second-order valence-corrected chi connectivity index (χ2v) is 3.68. The second kappa shape index (κ2) is 3.83. The van der Waals surface area contributed by atoms with E-state index in [9.17, 15) is 9.59 Å². The molecule has 6 nitrogen and oxygen atoms in total. The molecule has 6 heteroatoms. The molecule has 0 aromatic carbocycles. The lowest BCUT2D eigenvalue weighted by Crippen LogP contribution is -2.44. The molecule has 14 heavy (non-hydrogen) atoms. The van der Waals surface area contributed by atoms with E-state index >= 15 is 0 Å². The quantitative estimate of drug-likeness (QED) is 0.578. The molecule has 1 saturated heterocycles. The molecule has 1 aliphatic heterocycles. The molecule has 0 aromatic rings. The minimum Gasteiger partial charge on any atom is -0.465 e. The summed E-state index contributed by atoms with van der Waals surface area (Å²) in [6.07, 6.45) is -0.679. The molecule has 1 fully saturated rings. The van der Waals surface area contributed by atoms with Crippen LogP contribution >= 0.6 is 0 Å². The summed E-state index contributed by atoms with van der Waals surface area (Å²) in [5.74, 6) is -0.208. The van der Waals surface area contributed by atoms with E-state index in [1.807, 2.05) is 0 Å². The normalized spacial score (nSPS) is 26.4. The van der Waals surface area contributed by atoms with Gasteiger partial charge in [-0.05, 0) is 6.42 Å². The number of rotatable bonds is 1. The Hall–Kier alpha value is -1.30. The van der Waals surface area contributed by atoms with Gasteiger partial charge in [-0.15, -0.1) is 0 Å². The number of nitrogens with zero attached hydrogens (tertiary/aromatic N) is 2. The Morgan fingerprint density at radius 1 is 1.50 bits per heavy atom. The Bertz CT molecular complexity index is 254. The lowest BCUT2D eigenvalue weighted by atomic mass is 10.1. The maximum absolute atomic E-state index is 11.6.